The van der Waals surface area contributed by atoms with E-state index >= 15 is 0 Å². The monoisotopic (exact) mass is 419 g/mol. The van der Waals surface area contributed by atoms with Gasteiger partial charge < -0.3 is 4.74 Å². The summed E-state index contributed by atoms with van der Waals surface area (Å²) in [4.78, 5) is 29.6. The third kappa shape index (κ3) is 4.14. The van der Waals surface area contributed by atoms with Gasteiger partial charge in [-0.25, -0.2) is 9.79 Å². The Labute approximate surface area is 171 Å². The van der Waals surface area contributed by atoms with Crippen molar-refractivity contribution in [2.45, 2.75) is 25.2 Å². The molecule has 158 valence electrons. The number of amidine groups is 1. The van der Waals surface area contributed by atoms with Gasteiger partial charge in [-0.3, -0.25) is 15.0 Å². The van der Waals surface area contributed by atoms with Crippen LogP contribution in [0, 0.1) is 0 Å². The van der Waals surface area contributed by atoms with Crippen molar-refractivity contribution < 1.29 is 27.5 Å². The van der Waals surface area contributed by atoms with Crippen LogP contribution in [0.1, 0.15) is 18.1 Å². The largest absolute Gasteiger partial charge is 0.450 e. The quantitative estimate of drug-likeness (QED) is 0.779. The molecule has 9 heteroatoms. The lowest BCUT2D eigenvalue weighted by atomic mass is 10.1. The second-order valence-corrected chi connectivity index (χ2v) is 6.55. The van der Waals surface area contributed by atoms with Gasteiger partial charge in [-0.05, 0) is 18.9 Å². The zero-order valence-electron chi connectivity index (χ0n) is 16.1. The van der Waals surface area contributed by atoms with Crippen LogP contribution in [0.5, 0.6) is 0 Å². The fraction of sp³-hybridized carbons (Fsp3) is 0.286. The van der Waals surface area contributed by atoms with Crippen molar-refractivity contribution in [2.24, 2.45) is 4.99 Å². The van der Waals surface area contributed by atoms with Gasteiger partial charge in [-0.2, -0.15) is 13.2 Å². The number of carbonyl (C=O) groups excluding carboxylic acids is 2. The zero-order chi connectivity index (χ0) is 21.8. The first kappa shape index (κ1) is 21.4. The van der Waals surface area contributed by atoms with Crippen LogP contribution in [0.15, 0.2) is 65.7 Å². The van der Waals surface area contributed by atoms with Gasteiger partial charge >= 0.3 is 17.9 Å². The number of alkyl carbamates (subject to hydrolysis) is 1. The summed E-state index contributed by atoms with van der Waals surface area (Å²) >= 11 is 0. The Morgan fingerprint density at radius 1 is 1.10 bits per heavy atom. The maximum Gasteiger partial charge on any atom is 0.442 e. The van der Waals surface area contributed by atoms with E-state index in [4.69, 9.17) is 0 Å². The maximum atomic E-state index is 14.1. The van der Waals surface area contributed by atoms with E-state index in [1.54, 1.807) is 47.8 Å². The third-order valence-corrected chi connectivity index (χ3v) is 4.55. The number of alkyl halides is 3. The topological polar surface area (TPSA) is 71.0 Å². The number of nitrogens with one attached hydrogen (secondary N) is 1. The van der Waals surface area contributed by atoms with Crippen molar-refractivity contribution in [2.75, 3.05) is 13.2 Å². The first-order chi connectivity index (χ1) is 14.3. The van der Waals surface area contributed by atoms with E-state index in [-0.39, 0.29) is 19.0 Å². The number of nitrogens with zero attached hydrogens (tertiary/aromatic N) is 2. The van der Waals surface area contributed by atoms with Gasteiger partial charge in [0, 0.05) is 12.1 Å². The average molecular weight is 419 g/mol. The minimum atomic E-state index is -5.17. The second-order valence-electron chi connectivity index (χ2n) is 6.55. The zero-order valence-corrected chi connectivity index (χ0v) is 16.1. The standard InChI is InChI=1S/C21H20F3N3O3/c1-2-30-19(29)26-20(21(22,23)24)18(28)27(14-13-15-9-5-3-6-10-15)17(25-20)16-11-7-4-8-12-16/h3-12H,2,13-14H2,1H3,(H,26,29)/t20-/m0/s1. The van der Waals surface area contributed by atoms with E-state index in [1.165, 1.54) is 6.92 Å². The molecule has 3 rings (SSSR count). The lowest BCUT2D eigenvalue weighted by molar-refractivity contribution is -0.196. The van der Waals surface area contributed by atoms with Gasteiger partial charge in [0.2, 0.25) is 0 Å². The summed E-state index contributed by atoms with van der Waals surface area (Å²) in [7, 11) is 0. The lowest BCUT2D eigenvalue weighted by Crippen LogP contribution is -2.63. The summed E-state index contributed by atoms with van der Waals surface area (Å²) in [6, 6.07) is 17.1. The molecule has 0 radical (unpaired) electrons. The van der Waals surface area contributed by atoms with Crippen molar-refractivity contribution >= 4 is 17.8 Å². The Kier molecular flexibility index (Phi) is 6.09. The molecule has 2 amide bonds. The highest BCUT2D eigenvalue weighted by molar-refractivity contribution is 6.16. The molecule has 0 saturated carbocycles. The van der Waals surface area contributed by atoms with Gasteiger partial charge in [-0.1, -0.05) is 60.7 Å². The van der Waals surface area contributed by atoms with Crippen LogP contribution in [0.2, 0.25) is 0 Å². The number of amides is 2. The number of ether oxygens (including phenoxy) is 1. The number of halogens is 3. The van der Waals surface area contributed by atoms with Crippen LogP contribution in [-0.2, 0) is 16.0 Å². The highest BCUT2D eigenvalue weighted by atomic mass is 19.4. The van der Waals surface area contributed by atoms with Crippen LogP contribution in [0.25, 0.3) is 0 Å². The molecule has 2 aromatic carbocycles. The van der Waals surface area contributed by atoms with Gasteiger partial charge in [0.05, 0.1) is 6.61 Å². The summed E-state index contributed by atoms with van der Waals surface area (Å²) in [6.45, 7) is 1.25. The summed E-state index contributed by atoms with van der Waals surface area (Å²) in [5.41, 5.74) is -2.27. The predicted octanol–water partition coefficient (Wildman–Crippen LogP) is 3.52. The van der Waals surface area contributed by atoms with Gasteiger partial charge in [-0.15, -0.1) is 0 Å². The highest BCUT2D eigenvalue weighted by Crippen LogP contribution is 2.38. The van der Waals surface area contributed by atoms with Crippen LogP contribution in [-0.4, -0.2) is 47.7 Å². The Balaban J connectivity index is 2.02. The number of rotatable bonds is 6. The minimum absolute atomic E-state index is 0.0427. The van der Waals surface area contributed by atoms with Crippen molar-refractivity contribution in [3.05, 3.63) is 71.8 Å². The van der Waals surface area contributed by atoms with Crippen LogP contribution < -0.4 is 5.32 Å². The molecule has 1 N–H and O–H groups in total. The number of carbonyl (C=O) groups is 2. The Bertz CT molecular complexity index is 933. The van der Waals surface area contributed by atoms with Gasteiger partial charge in [0.25, 0.3) is 5.91 Å². The van der Waals surface area contributed by atoms with Crippen molar-refractivity contribution in [3.8, 4) is 0 Å². The van der Waals surface area contributed by atoms with E-state index in [1.807, 2.05) is 18.2 Å². The molecule has 1 aliphatic heterocycles. The highest BCUT2D eigenvalue weighted by Gasteiger charge is 2.67. The van der Waals surface area contributed by atoms with E-state index in [2.05, 4.69) is 9.73 Å². The normalized spacial score (nSPS) is 18.9. The van der Waals surface area contributed by atoms with Crippen molar-refractivity contribution in [3.63, 3.8) is 0 Å². The molecule has 0 fully saturated rings. The smallest absolute Gasteiger partial charge is 0.442 e. The molecule has 1 atom stereocenters. The Morgan fingerprint density at radius 3 is 2.27 bits per heavy atom. The van der Waals surface area contributed by atoms with Gasteiger partial charge in [0.1, 0.15) is 5.84 Å². The summed E-state index contributed by atoms with van der Waals surface area (Å²) in [5, 5.41) is 1.65. The van der Waals surface area contributed by atoms with Crippen molar-refractivity contribution in [1.82, 2.24) is 10.2 Å². The number of aliphatic imine (C=N–C) groups is 1. The first-order valence-electron chi connectivity index (χ1n) is 9.31. The van der Waals surface area contributed by atoms with E-state index in [0.29, 0.717) is 12.0 Å². The van der Waals surface area contributed by atoms with Gasteiger partial charge in [0.15, 0.2) is 0 Å². The Hall–Kier alpha value is -3.36. The lowest BCUT2D eigenvalue weighted by Gasteiger charge is -2.28. The molecular weight excluding hydrogens is 399 g/mol. The number of hydrogen-bond acceptors (Lipinski definition) is 4. The number of hydrogen-bond donors (Lipinski definition) is 1. The fourth-order valence-corrected chi connectivity index (χ4v) is 3.11. The summed E-state index contributed by atoms with van der Waals surface area (Å²) in [5.74, 6) is -1.54. The van der Waals surface area contributed by atoms with Crippen LogP contribution >= 0.6 is 0 Å². The fourth-order valence-electron chi connectivity index (χ4n) is 3.11. The van der Waals surface area contributed by atoms with Crippen molar-refractivity contribution in [1.29, 1.82) is 0 Å². The summed E-state index contributed by atoms with van der Waals surface area (Å²) in [6.07, 6.45) is -6.23. The molecule has 1 heterocycles. The molecule has 0 spiro atoms. The van der Waals surface area contributed by atoms with E-state index in [9.17, 15) is 22.8 Å². The first-order valence-corrected chi connectivity index (χ1v) is 9.31. The molecule has 0 aliphatic carbocycles. The molecule has 0 bridgehead atoms. The average Bonchev–Trinajstić information content (AvgIpc) is 3.01. The molecule has 1 aliphatic rings. The molecule has 0 unspecified atom stereocenters. The van der Waals surface area contributed by atoms with Crippen LogP contribution in [0.4, 0.5) is 18.0 Å². The predicted molar refractivity (Wildman–Crippen MR) is 104 cm³/mol. The third-order valence-electron chi connectivity index (χ3n) is 4.55. The Morgan fingerprint density at radius 2 is 1.70 bits per heavy atom. The molecule has 6 nitrogen and oxygen atoms in total. The van der Waals surface area contributed by atoms with Crippen LogP contribution in [0.3, 0.4) is 0 Å². The molecular formula is C21H20F3N3O3. The van der Waals surface area contributed by atoms with E-state index in [0.717, 1.165) is 10.5 Å². The molecule has 0 saturated heterocycles. The summed E-state index contributed by atoms with van der Waals surface area (Å²) < 4.78 is 46.8. The second kappa shape index (κ2) is 8.56. The molecule has 2 aromatic rings. The number of benzene rings is 2. The minimum Gasteiger partial charge on any atom is -0.450 e. The SMILES string of the molecule is CCOC(=O)N[C@@]1(C(F)(F)F)N=C(c2ccccc2)N(CCc2ccccc2)C1=O. The van der Waals surface area contributed by atoms with E-state index < -0.39 is 23.8 Å². The maximum absolute atomic E-state index is 14.1. The molecule has 30 heavy (non-hydrogen) atoms. The molecule has 0 aromatic heterocycles.